The maximum atomic E-state index is 11.7. The molecule has 0 atom stereocenters. The molecule has 1 aromatic rings. The van der Waals surface area contributed by atoms with Crippen molar-refractivity contribution in [2.45, 2.75) is 26.7 Å². The Bertz CT molecular complexity index is 526. The summed E-state index contributed by atoms with van der Waals surface area (Å²) in [4.78, 5) is 30.8. The number of pyridine rings is 1. The molecular weight excluding hydrogens is 232 g/mol. The van der Waals surface area contributed by atoms with Crippen LogP contribution in [0.5, 0.6) is 0 Å². The van der Waals surface area contributed by atoms with E-state index in [4.69, 9.17) is 11.3 Å². The van der Waals surface area contributed by atoms with Gasteiger partial charge in [0.1, 0.15) is 12.2 Å². The van der Waals surface area contributed by atoms with E-state index >= 15 is 0 Å². The van der Waals surface area contributed by atoms with Gasteiger partial charge in [0.2, 0.25) is 0 Å². The van der Waals surface area contributed by atoms with Crippen molar-refractivity contribution in [2.75, 3.05) is 6.61 Å². The Morgan fingerprint density at radius 3 is 2.78 bits per heavy atom. The fourth-order valence-corrected chi connectivity index (χ4v) is 1.61. The lowest BCUT2D eigenvalue weighted by atomic mass is 10.1. The Labute approximate surface area is 106 Å². The summed E-state index contributed by atoms with van der Waals surface area (Å²) in [5, 5.41) is 0. The van der Waals surface area contributed by atoms with Gasteiger partial charge in [-0.25, -0.2) is 5.48 Å². The Kier molecular flexibility index (Phi) is 5.15. The third-order valence-corrected chi connectivity index (χ3v) is 2.51. The van der Waals surface area contributed by atoms with Gasteiger partial charge in [-0.1, -0.05) is 19.8 Å². The van der Waals surface area contributed by atoms with E-state index in [1.807, 2.05) is 13.8 Å². The standard InChI is InChI=1S/C13H16N2O3/c1-4-7-18-15-13(17)10-8-9(5-2)11(6-3)14-12(10)16/h1,8H,5-7H2,2-3H3,(H,14,16)(H,15,17). The predicted octanol–water partition coefficient (Wildman–Crippen LogP) is 0.794. The van der Waals surface area contributed by atoms with Crippen molar-refractivity contribution in [1.29, 1.82) is 0 Å². The van der Waals surface area contributed by atoms with Gasteiger partial charge in [0.25, 0.3) is 11.5 Å². The number of aromatic amines is 1. The third kappa shape index (κ3) is 3.22. The zero-order chi connectivity index (χ0) is 13.5. The molecular formula is C13H16N2O3. The fraction of sp³-hybridized carbons (Fsp3) is 0.385. The van der Waals surface area contributed by atoms with Gasteiger partial charge < -0.3 is 4.98 Å². The first-order chi connectivity index (χ1) is 8.63. The van der Waals surface area contributed by atoms with Crippen LogP contribution in [0.1, 0.15) is 35.5 Å². The zero-order valence-corrected chi connectivity index (χ0v) is 10.5. The summed E-state index contributed by atoms with van der Waals surface area (Å²) in [6.07, 6.45) is 6.43. The van der Waals surface area contributed by atoms with Crippen molar-refractivity contribution in [3.8, 4) is 12.3 Å². The predicted molar refractivity (Wildman–Crippen MR) is 68.1 cm³/mol. The summed E-state index contributed by atoms with van der Waals surface area (Å²) in [5.41, 5.74) is 3.53. The molecule has 5 heteroatoms. The highest BCUT2D eigenvalue weighted by atomic mass is 16.6. The Balaban J connectivity index is 2.99. The van der Waals surface area contributed by atoms with Crippen molar-refractivity contribution in [1.82, 2.24) is 10.5 Å². The van der Waals surface area contributed by atoms with Gasteiger partial charge in [0.05, 0.1) is 0 Å². The van der Waals surface area contributed by atoms with Gasteiger partial charge >= 0.3 is 0 Å². The first kappa shape index (κ1) is 14.0. The maximum absolute atomic E-state index is 11.7. The number of nitrogens with one attached hydrogen (secondary N) is 2. The van der Waals surface area contributed by atoms with Crippen LogP contribution in [0.4, 0.5) is 0 Å². The summed E-state index contributed by atoms with van der Waals surface area (Å²) in [6, 6.07) is 1.59. The van der Waals surface area contributed by atoms with Crippen molar-refractivity contribution >= 4 is 5.91 Å². The molecule has 0 aliphatic rings. The van der Waals surface area contributed by atoms with E-state index in [-0.39, 0.29) is 12.2 Å². The molecule has 1 amide bonds. The van der Waals surface area contributed by atoms with Crippen LogP contribution in [0, 0.1) is 12.3 Å². The van der Waals surface area contributed by atoms with Crippen molar-refractivity contribution in [2.24, 2.45) is 0 Å². The van der Waals surface area contributed by atoms with Crippen LogP contribution < -0.4 is 11.0 Å². The fourth-order valence-electron chi connectivity index (χ4n) is 1.61. The van der Waals surface area contributed by atoms with Crippen LogP contribution >= 0.6 is 0 Å². The Morgan fingerprint density at radius 1 is 1.50 bits per heavy atom. The zero-order valence-electron chi connectivity index (χ0n) is 10.5. The second-order valence-electron chi connectivity index (χ2n) is 3.65. The second-order valence-corrected chi connectivity index (χ2v) is 3.65. The number of hydrogen-bond donors (Lipinski definition) is 2. The first-order valence-corrected chi connectivity index (χ1v) is 5.74. The molecule has 0 unspecified atom stereocenters. The van der Waals surface area contributed by atoms with Gasteiger partial charge in [-0.05, 0) is 24.5 Å². The minimum atomic E-state index is -0.594. The van der Waals surface area contributed by atoms with E-state index in [2.05, 4.69) is 16.4 Å². The highest BCUT2D eigenvalue weighted by molar-refractivity contribution is 5.93. The number of carbonyl (C=O) groups excluding carboxylic acids is 1. The third-order valence-electron chi connectivity index (χ3n) is 2.51. The summed E-state index contributed by atoms with van der Waals surface area (Å²) < 4.78 is 0. The molecule has 0 radical (unpaired) electrons. The molecule has 0 bridgehead atoms. The smallest absolute Gasteiger partial charge is 0.280 e. The summed E-state index contributed by atoms with van der Waals surface area (Å²) in [7, 11) is 0. The summed E-state index contributed by atoms with van der Waals surface area (Å²) in [5.74, 6) is 1.61. The highest BCUT2D eigenvalue weighted by Crippen LogP contribution is 2.07. The number of hydroxylamine groups is 1. The van der Waals surface area contributed by atoms with Crippen LogP contribution in [-0.4, -0.2) is 17.5 Å². The number of amides is 1. The lowest BCUT2D eigenvalue weighted by molar-refractivity contribution is 0.0436. The molecule has 0 saturated heterocycles. The molecule has 0 aliphatic heterocycles. The number of carbonyl (C=O) groups is 1. The molecule has 5 nitrogen and oxygen atoms in total. The van der Waals surface area contributed by atoms with Crippen LogP contribution in [0.25, 0.3) is 0 Å². The SMILES string of the molecule is C#CCONC(=O)c1cc(CC)c(CC)[nH]c1=O. The quantitative estimate of drug-likeness (QED) is 0.460. The van der Waals surface area contributed by atoms with Crippen molar-refractivity contribution < 1.29 is 9.63 Å². The first-order valence-electron chi connectivity index (χ1n) is 5.74. The van der Waals surface area contributed by atoms with E-state index in [1.165, 1.54) is 0 Å². The Morgan fingerprint density at radius 2 is 2.22 bits per heavy atom. The average molecular weight is 248 g/mol. The molecule has 1 aromatic heterocycles. The topological polar surface area (TPSA) is 71.2 Å². The number of terminal acetylenes is 1. The minimum absolute atomic E-state index is 0.0288. The van der Waals surface area contributed by atoms with Crippen LogP contribution in [0.2, 0.25) is 0 Å². The molecule has 0 fully saturated rings. The lowest BCUT2D eigenvalue weighted by Crippen LogP contribution is -2.30. The van der Waals surface area contributed by atoms with E-state index in [1.54, 1.807) is 6.07 Å². The normalized spacial score (nSPS) is 9.83. The van der Waals surface area contributed by atoms with Crippen LogP contribution in [0.3, 0.4) is 0 Å². The van der Waals surface area contributed by atoms with Crippen LogP contribution in [0.15, 0.2) is 10.9 Å². The molecule has 0 spiro atoms. The second kappa shape index (κ2) is 6.62. The number of aryl methyl sites for hydroxylation is 2. The molecule has 0 saturated carbocycles. The molecule has 18 heavy (non-hydrogen) atoms. The van der Waals surface area contributed by atoms with E-state index in [0.29, 0.717) is 6.42 Å². The van der Waals surface area contributed by atoms with Gasteiger partial charge in [-0.3, -0.25) is 14.4 Å². The van der Waals surface area contributed by atoms with Gasteiger partial charge in [0.15, 0.2) is 0 Å². The van der Waals surface area contributed by atoms with Gasteiger partial charge in [-0.2, -0.15) is 0 Å². The number of rotatable bonds is 5. The van der Waals surface area contributed by atoms with E-state index in [0.717, 1.165) is 17.7 Å². The van der Waals surface area contributed by atoms with Crippen molar-refractivity contribution in [3.05, 3.63) is 33.2 Å². The Hall–Kier alpha value is -2.06. The minimum Gasteiger partial charge on any atom is -0.325 e. The summed E-state index contributed by atoms with van der Waals surface area (Å²) >= 11 is 0. The van der Waals surface area contributed by atoms with E-state index in [9.17, 15) is 9.59 Å². The molecule has 2 N–H and O–H groups in total. The molecule has 0 aliphatic carbocycles. The van der Waals surface area contributed by atoms with Gasteiger partial charge in [-0.15, -0.1) is 6.42 Å². The highest BCUT2D eigenvalue weighted by Gasteiger charge is 2.13. The number of H-pyrrole nitrogens is 1. The van der Waals surface area contributed by atoms with E-state index < -0.39 is 11.5 Å². The van der Waals surface area contributed by atoms with Crippen molar-refractivity contribution in [3.63, 3.8) is 0 Å². The monoisotopic (exact) mass is 248 g/mol. The lowest BCUT2D eigenvalue weighted by Gasteiger charge is -2.08. The molecule has 1 rings (SSSR count). The largest absolute Gasteiger partial charge is 0.325 e. The van der Waals surface area contributed by atoms with Crippen LogP contribution in [-0.2, 0) is 17.7 Å². The molecule has 96 valence electrons. The molecule has 1 heterocycles. The maximum Gasteiger partial charge on any atom is 0.280 e. The van der Waals surface area contributed by atoms with Gasteiger partial charge in [0, 0.05) is 5.69 Å². The number of hydrogen-bond acceptors (Lipinski definition) is 3. The molecule has 0 aromatic carbocycles. The summed E-state index contributed by atoms with van der Waals surface area (Å²) in [6.45, 7) is 3.86. The average Bonchev–Trinajstić information content (AvgIpc) is 2.38. The number of aromatic nitrogens is 1.